The van der Waals surface area contributed by atoms with Crippen LogP contribution in [0, 0.1) is 17.6 Å². The number of hydrogen-bond acceptors (Lipinski definition) is 6. The molecule has 1 atom stereocenters. The molecule has 0 radical (unpaired) electrons. The molecule has 1 N–H and O–H groups in total. The van der Waals surface area contributed by atoms with Crippen LogP contribution < -0.4 is 10.2 Å². The van der Waals surface area contributed by atoms with Gasteiger partial charge in [0.25, 0.3) is 0 Å². The van der Waals surface area contributed by atoms with E-state index in [1.807, 2.05) is 53.4 Å². The number of rotatable bonds is 12. The van der Waals surface area contributed by atoms with E-state index in [-0.39, 0.29) is 36.3 Å². The molecular weight excluding hydrogens is 599 g/mol. The number of nitrogens with one attached hydrogen (secondary N) is 1. The topological polar surface area (TPSA) is 86.8 Å². The molecule has 1 fully saturated rings. The SMILES string of the molecule is CC(=O)CC(C)C(=O)NCCCN(c1cc(F)cc(F)c1)C1CN(C(c2ccc(Cl)cc2)c2ccc(Cl)cc2)C1.O=C=O. The van der Waals surface area contributed by atoms with Crippen molar-refractivity contribution in [3.05, 3.63) is 99.5 Å². The summed E-state index contributed by atoms with van der Waals surface area (Å²) in [6, 6.07) is 19.0. The van der Waals surface area contributed by atoms with Crippen molar-refractivity contribution in [1.29, 1.82) is 0 Å². The number of Topliss-reactive ketones (excluding diaryl/α,β-unsaturated/α-hetero) is 1. The lowest BCUT2D eigenvalue weighted by Crippen LogP contribution is -2.60. The van der Waals surface area contributed by atoms with Gasteiger partial charge in [0.05, 0.1) is 12.1 Å². The number of ketones is 1. The molecule has 11 heteroatoms. The number of likely N-dealkylation sites (tertiary alicyclic amines) is 1. The molecule has 1 unspecified atom stereocenters. The zero-order valence-electron chi connectivity index (χ0n) is 23.9. The molecule has 43 heavy (non-hydrogen) atoms. The van der Waals surface area contributed by atoms with Gasteiger partial charge < -0.3 is 15.0 Å². The zero-order valence-corrected chi connectivity index (χ0v) is 25.4. The Morgan fingerprint density at radius 2 is 1.44 bits per heavy atom. The van der Waals surface area contributed by atoms with Crippen LogP contribution >= 0.6 is 23.2 Å². The van der Waals surface area contributed by atoms with Gasteiger partial charge in [0.15, 0.2) is 0 Å². The molecule has 0 spiro atoms. The Bertz CT molecular complexity index is 1350. The van der Waals surface area contributed by atoms with Crippen LogP contribution in [-0.4, -0.2) is 55.0 Å². The zero-order chi connectivity index (χ0) is 31.5. The fourth-order valence-electron chi connectivity index (χ4n) is 5.19. The summed E-state index contributed by atoms with van der Waals surface area (Å²) in [6.45, 7) is 5.40. The third-order valence-electron chi connectivity index (χ3n) is 7.16. The van der Waals surface area contributed by atoms with Crippen LogP contribution in [0.5, 0.6) is 0 Å². The number of carbonyl (C=O) groups is 2. The first-order valence-electron chi connectivity index (χ1n) is 13.8. The molecule has 1 saturated heterocycles. The van der Waals surface area contributed by atoms with Crippen molar-refractivity contribution < 1.29 is 28.0 Å². The summed E-state index contributed by atoms with van der Waals surface area (Å²) >= 11 is 12.3. The van der Waals surface area contributed by atoms with Gasteiger partial charge in [0, 0.05) is 60.3 Å². The minimum atomic E-state index is -0.636. The number of nitrogens with zero attached hydrogens (tertiary/aromatic N) is 2. The molecule has 0 bridgehead atoms. The van der Waals surface area contributed by atoms with E-state index in [1.165, 1.54) is 19.1 Å². The van der Waals surface area contributed by atoms with Crippen LogP contribution in [0.4, 0.5) is 14.5 Å². The highest BCUT2D eigenvalue weighted by Crippen LogP contribution is 2.36. The number of halogens is 4. The highest BCUT2D eigenvalue weighted by molar-refractivity contribution is 6.30. The fourth-order valence-corrected chi connectivity index (χ4v) is 5.44. The lowest BCUT2D eigenvalue weighted by molar-refractivity contribution is -0.191. The van der Waals surface area contributed by atoms with E-state index in [4.69, 9.17) is 32.8 Å². The third kappa shape index (κ3) is 9.97. The average molecular weight is 633 g/mol. The van der Waals surface area contributed by atoms with Crippen LogP contribution in [0.2, 0.25) is 10.0 Å². The number of hydrogen-bond donors (Lipinski definition) is 1. The summed E-state index contributed by atoms with van der Waals surface area (Å²) < 4.78 is 28.4. The molecule has 3 aromatic carbocycles. The van der Waals surface area contributed by atoms with E-state index in [0.717, 1.165) is 17.2 Å². The van der Waals surface area contributed by atoms with Crippen LogP contribution in [0.3, 0.4) is 0 Å². The quantitative estimate of drug-likeness (QED) is 0.244. The van der Waals surface area contributed by atoms with Crippen LogP contribution in [0.1, 0.15) is 43.9 Å². The molecule has 7 nitrogen and oxygen atoms in total. The van der Waals surface area contributed by atoms with E-state index in [2.05, 4.69) is 10.2 Å². The van der Waals surface area contributed by atoms with Gasteiger partial charge >= 0.3 is 6.15 Å². The number of benzene rings is 3. The van der Waals surface area contributed by atoms with Crippen LogP contribution in [0.15, 0.2) is 66.7 Å². The van der Waals surface area contributed by atoms with E-state index in [9.17, 15) is 18.4 Å². The van der Waals surface area contributed by atoms with Gasteiger partial charge in [0.1, 0.15) is 17.4 Å². The Labute approximate surface area is 259 Å². The molecule has 1 aliphatic heterocycles. The summed E-state index contributed by atoms with van der Waals surface area (Å²) in [7, 11) is 0. The average Bonchev–Trinajstić information content (AvgIpc) is 2.92. The second-order valence-corrected chi connectivity index (χ2v) is 11.3. The second kappa shape index (κ2) is 16.3. The molecule has 1 heterocycles. The lowest BCUT2D eigenvalue weighted by atomic mass is 9.92. The van der Waals surface area contributed by atoms with Crippen molar-refractivity contribution in [2.75, 3.05) is 31.1 Å². The first-order chi connectivity index (χ1) is 20.5. The Kier molecular flexibility index (Phi) is 12.8. The molecule has 1 aliphatic rings. The van der Waals surface area contributed by atoms with Gasteiger partial charge in [-0.05, 0) is 60.9 Å². The second-order valence-electron chi connectivity index (χ2n) is 10.5. The molecule has 228 valence electrons. The Hall–Kier alpha value is -3.62. The van der Waals surface area contributed by atoms with Gasteiger partial charge in [-0.25, -0.2) is 8.78 Å². The fraction of sp³-hybridized carbons (Fsp3) is 0.344. The lowest BCUT2D eigenvalue weighted by Gasteiger charge is -2.50. The van der Waals surface area contributed by atoms with Gasteiger partial charge in [0.2, 0.25) is 5.91 Å². The highest BCUT2D eigenvalue weighted by atomic mass is 35.5. The van der Waals surface area contributed by atoms with Crippen molar-refractivity contribution in [3.63, 3.8) is 0 Å². The minimum absolute atomic E-state index is 0.00985. The smallest absolute Gasteiger partial charge is 0.366 e. The normalized spacial score (nSPS) is 13.7. The number of amides is 1. The van der Waals surface area contributed by atoms with Crippen molar-refractivity contribution >= 4 is 46.7 Å². The molecule has 1 amide bonds. The van der Waals surface area contributed by atoms with E-state index in [1.54, 1.807) is 6.92 Å². The van der Waals surface area contributed by atoms with Crippen LogP contribution in [-0.2, 0) is 19.2 Å². The predicted octanol–water partition coefficient (Wildman–Crippen LogP) is 6.09. The van der Waals surface area contributed by atoms with Crippen molar-refractivity contribution in [2.24, 2.45) is 5.92 Å². The Morgan fingerprint density at radius 3 is 1.91 bits per heavy atom. The summed E-state index contributed by atoms with van der Waals surface area (Å²) in [6.07, 6.45) is 1.02. The minimum Gasteiger partial charge on any atom is -0.366 e. The molecule has 4 rings (SSSR count). The monoisotopic (exact) mass is 631 g/mol. The number of anilines is 1. The van der Waals surface area contributed by atoms with Gasteiger partial charge in [-0.2, -0.15) is 9.59 Å². The summed E-state index contributed by atoms with van der Waals surface area (Å²) in [5.41, 5.74) is 2.62. The van der Waals surface area contributed by atoms with Gasteiger partial charge in [-0.3, -0.25) is 9.69 Å². The maximum atomic E-state index is 14.2. The maximum Gasteiger partial charge on any atom is 0.373 e. The molecule has 0 aliphatic carbocycles. The molecule has 3 aromatic rings. The van der Waals surface area contributed by atoms with Gasteiger partial charge in [-0.1, -0.05) is 54.4 Å². The van der Waals surface area contributed by atoms with Crippen molar-refractivity contribution in [1.82, 2.24) is 10.2 Å². The van der Waals surface area contributed by atoms with Crippen LogP contribution in [0.25, 0.3) is 0 Å². The highest BCUT2D eigenvalue weighted by Gasteiger charge is 2.37. The third-order valence-corrected chi connectivity index (χ3v) is 7.67. The largest absolute Gasteiger partial charge is 0.373 e. The van der Waals surface area contributed by atoms with E-state index >= 15 is 0 Å². The Balaban J connectivity index is 0.00000162. The first-order valence-corrected chi connectivity index (χ1v) is 14.5. The molecule has 0 aromatic heterocycles. The van der Waals surface area contributed by atoms with Crippen molar-refractivity contribution in [3.8, 4) is 0 Å². The molecular formula is C32H33Cl2F2N3O4. The molecule has 0 saturated carbocycles. The standard InChI is InChI=1S/C31H33Cl2F2N3O2.CO2/c1-20(14-21(2)39)31(40)36-12-3-13-38(28-16-26(34)15-27(35)17-28)29-18-37(19-29)30(22-4-8-24(32)9-5-22)23-6-10-25(33)11-7-23;2-1-3/h4-11,15-17,20,29-30H,3,12-14,18-19H2,1-2H3,(H,36,40);. The first kappa shape index (κ1) is 33.9. The predicted molar refractivity (Wildman–Crippen MR) is 161 cm³/mol. The Morgan fingerprint density at radius 1 is 0.953 bits per heavy atom. The summed E-state index contributed by atoms with van der Waals surface area (Å²) in [5, 5.41) is 4.18. The summed E-state index contributed by atoms with van der Waals surface area (Å²) in [5.74, 6) is -1.89. The van der Waals surface area contributed by atoms with E-state index < -0.39 is 17.6 Å². The van der Waals surface area contributed by atoms with Crippen molar-refractivity contribution in [2.45, 2.75) is 38.8 Å². The van der Waals surface area contributed by atoms with E-state index in [0.29, 0.717) is 48.3 Å². The maximum absolute atomic E-state index is 14.2. The van der Waals surface area contributed by atoms with Gasteiger partial charge in [-0.15, -0.1) is 0 Å². The summed E-state index contributed by atoms with van der Waals surface area (Å²) in [4.78, 5) is 44.2. The number of carbonyl (C=O) groups excluding carboxylic acids is 4.